The van der Waals surface area contributed by atoms with Gasteiger partial charge in [0.25, 0.3) is 5.91 Å². The number of nitrogens with zero attached hydrogens (tertiary/aromatic N) is 3. The lowest BCUT2D eigenvalue weighted by molar-refractivity contribution is -0.142. The number of amides is 3. The van der Waals surface area contributed by atoms with Gasteiger partial charge in [-0.3, -0.25) is 14.4 Å². The summed E-state index contributed by atoms with van der Waals surface area (Å²) in [6.45, 7) is 4.90. The number of piperidine rings is 1. The Labute approximate surface area is 201 Å². The van der Waals surface area contributed by atoms with E-state index in [0.717, 1.165) is 12.0 Å². The Morgan fingerprint density at radius 2 is 1.38 bits per heavy atom. The van der Waals surface area contributed by atoms with E-state index in [-0.39, 0.29) is 17.7 Å². The summed E-state index contributed by atoms with van der Waals surface area (Å²) in [7, 11) is 1.56. The molecule has 2 aliphatic rings. The molecule has 180 valence electrons. The van der Waals surface area contributed by atoms with E-state index >= 15 is 0 Å². The summed E-state index contributed by atoms with van der Waals surface area (Å²) in [4.78, 5) is 44.7. The lowest BCUT2D eigenvalue weighted by Gasteiger charge is -2.43. The van der Waals surface area contributed by atoms with E-state index in [1.165, 1.54) is 0 Å². The number of para-hydroxylation sites is 1. The minimum absolute atomic E-state index is 0.0503. The fourth-order valence-corrected chi connectivity index (χ4v) is 5.20. The summed E-state index contributed by atoms with van der Waals surface area (Å²) in [6.07, 6.45) is 1.93. The lowest BCUT2D eigenvalue weighted by atomic mass is 9.71. The van der Waals surface area contributed by atoms with Crippen LogP contribution in [0.5, 0.6) is 5.75 Å². The molecule has 0 aromatic heterocycles. The Hall–Kier alpha value is -3.35. The van der Waals surface area contributed by atoms with Crippen LogP contribution in [0.25, 0.3) is 0 Å². The van der Waals surface area contributed by atoms with Gasteiger partial charge in [-0.2, -0.15) is 0 Å². The molecule has 2 saturated heterocycles. The van der Waals surface area contributed by atoms with Crippen molar-refractivity contribution in [2.45, 2.75) is 31.6 Å². The standard InChI is InChI=1S/C27H33N3O4/c1-21(31)28-17-13-27(14-18-28,22-9-4-3-5-10-22)26(33)30-16-8-15-29(19-20-30)25(32)23-11-6-7-12-24(23)34-2/h3-7,9-12H,8,13-20H2,1-2H3. The number of carbonyl (C=O) groups is 3. The van der Waals surface area contributed by atoms with Crippen molar-refractivity contribution in [3.05, 3.63) is 65.7 Å². The highest BCUT2D eigenvalue weighted by molar-refractivity contribution is 5.97. The number of hydrogen-bond donors (Lipinski definition) is 0. The summed E-state index contributed by atoms with van der Waals surface area (Å²) < 4.78 is 5.37. The van der Waals surface area contributed by atoms with E-state index in [1.54, 1.807) is 26.2 Å². The molecule has 2 aromatic carbocycles. The van der Waals surface area contributed by atoms with Crippen molar-refractivity contribution in [2.75, 3.05) is 46.4 Å². The van der Waals surface area contributed by atoms with Crippen LogP contribution in [0.1, 0.15) is 42.1 Å². The number of likely N-dealkylation sites (tertiary alicyclic amines) is 1. The maximum absolute atomic E-state index is 14.1. The lowest BCUT2D eigenvalue weighted by Crippen LogP contribution is -2.54. The van der Waals surface area contributed by atoms with Crippen LogP contribution in [-0.4, -0.2) is 78.8 Å². The summed E-state index contributed by atoms with van der Waals surface area (Å²) in [5.41, 5.74) is 0.909. The first kappa shape index (κ1) is 23.8. The maximum Gasteiger partial charge on any atom is 0.257 e. The number of carbonyl (C=O) groups excluding carboxylic acids is 3. The maximum atomic E-state index is 14.1. The predicted molar refractivity (Wildman–Crippen MR) is 130 cm³/mol. The van der Waals surface area contributed by atoms with Crippen LogP contribution in [0.2, 0.25) is 0 Å². The van der Waals surface area contributed by atoms with Crippen molar-refractivity contribution >= 4 is 17.7 Å². The van der Waals surface area contributed by atoms with E-state index in [4.69, 9.17) is 4.74 Å². The molecule has 2 aliphatic heterocycles. The van der Waals surface area contributed by atoms with Crippen molar-refractivity contribution in [3.63, 3.8) is 0 Å². The molecule has 0 bridgehead atoms. The molecule has 3 amide bonds. The molecule has 7 heteroatoms. The van der Waals surface area contributed by atoms with Crippen LogP contribution in [0.3, 0.4) is 0 Å². The second-order valence-electron chi connectivity index (χ2n) is 9.09. The molecule has 0 unspecified atom stereocenters. The Kier molecular flexibility index (Phi) is 7.20. The molecule has 4 rings (SSSR count). The minimum atomic E-state index is -0.644. The second-order valence-corrected chi connectivity index (χ2v) is 9.09. The Bertz CT molecular complexity index is 1030. The highest BCUT2D eigenvalue weighted by atomic mass is 16.5. The number of methoxy groups -OCH3 is 1. The van der Waals surface area contributed by atoms with Gasteiger partial charge in [0.05, 0.1) is 18.1 Å². The van der Waals surface area contributed by atoms with Crippen LogP contribution in [0.15, 0.2) is 54.6 Å². The number of benzene rings is 2. The van der Waals surface area contributed by atoms with Gasteiger partial charge in [-0.05, 0) is 37.0 Å². The van der Waals surface area contributed by atoms with Gasteiger partial charge in [0.15, 0.2) is 0 Å². The molecule has 0 N–H and O–H groups in total. The van der Waals surface area contributed by atoms with Crippen LogP contribution in [-0.2, 0) is 15.0 Å². The monoisotopic (exact) mass is 463 g/mol. The molecule has 0 aliphatic carbocycles. The van der Waals surface area contributed by atoms with E-state index in [0.29, 0.717) is 63.4 Å². The number of ether oxygens (including phenoxy) is 1. The molecule has 0 atom stereocenters. The summed E-state index contributed by atoms with van der Waals surface area (Å²) in [5.74, 6) is 0.645. The Morgan fingerprint density at radius 1 is 0.765 bits per heavy atom. The fraction of sp³-hybridized carbons (Fsp3) is 0.444. The van der Waals surface area contributed by atoms with Crippen LogP contribution in [0.4, 0.5) is 0 Å². The molecule has 2 heterocycles. The normalized spacial score (nSPS) is 18.2. The second kappa shape index (κ2) is 10.3. The molecule has 2 fully saturated rings. The molecule has 0 radical (unpaired) electrons. The predicted octanol–water partition coefficient (Wildman–Crippen LogP) is 2.95. The molecule has 34 heavy (non-hydrogen) atoms. The van der Waals surface area contributed by atoms with E-state index in [1.807, 2.05) is 57.2 Å². The van der Waals surface area contributed by atoms with Crippen molar-refractivity contribution in [1.82, 2.24) is 14.7 Å². The van der Waals surface area contributed by atoms with Gasteiger partial charge in [0, 0.05) is 46.2 Å². The molecular formula is C27H33N3O4. The molecule has 2 aromatic rings. The topological polar surface area (TPSA) is 70.2 Å². The molecule has 0 saturated carbocycles. The zero-order valence-electron chi connectivity index (χ0n) is 20.0. The molecule has 7 nitrogen and oxygen atoms in total. The fourth-order valence-electron chi connectivity index (χ4n) is 5.20. The van der Waals surface area contributed by atoms with Crippen LogP contribution >= 0.6 is 0 Å². The first-order chi connectivity index (χ1) is 16.5. The van der Waals surface area contributed by atoms with Gasteiger partial charge in [0.2, 0.25) is 11.8 Å². The summed E-state index contributed by atoms with van der Waals surface area (Å²) in [5, 5.41) is 0. The van der Waals surface area contributed by atoms with Gasteiger partial charge in [0.1, 0.15) is 5.75 Å². The smallest absolute Gasteiger partial charge is 0.257 e. The van der Waals surface area contributed by atoms with E-state index in [9.17, 15) is 14.4 Å². The van der Waals surface area contributed by atoms with E-state index < -0.39 is 5.41 Å². The Balaban J connectivity index is 1.52. The van der Waals surface area contributed by atoms with Crippen LogP contribution < -0.4 is 4.74 Å². The third kappa shape index (κ3) is 4.65. The third-order valence-corrected chi connectivity index (χ3v) is 7.21. The highest BCUT2D eigenvalue weighted by Crippen LogP contribution is 2.38. The molecular weight excluding hydrogens is 430 g/mol. The number of rotatable bonds is 4. The summed E-state index contributed by atoms with van der Waals surface area (Å²) in [6, 6.07) is 17.2. The van der Waals surface area contributed by atoms with Gasteiger partial charge in [-0.25, -0.2) is 0 Å². The Morgan fingerprint density at radius 3 is 2.06 bits per heavy atom. The highest BCUT2D eigenvalue weighted by Gasteiger charge is 2.45. The quantitative estimate of drug-likeness (QED) is 0.699. The SMILES string of the molecule is COc1ccccc1C(=O)N1CCCN(C(=O)C2(c3ccccc3)CCN(C(C)=O)CC2)CC1. The van der Waals surface area contributed by atoms with Crippen molar-refractivity contribution in [2.24, 2.45) is 0 Å². The van der Waals surface area contributed by atoms with E-state index in [2.05, 4.69) is 0 Å². The zero-order chi connectivity index (χ0) is 24.1. The summed E-state index contributed by atoms with van der Waals surface area (Å²) >= 11 is 0. The van der Waals surface area contributed by atoms with Gasteiger partial charge in [-0.1, -0.05) is 42.5 Å². The number of hydrogen-bond acceptors (Lipinski definition) is 4. The molecule has 0 spiro atoms. The third-order valence-electron chi connectivity index (χ3n) is 7.21. The first-order valence-corrected chi connectivity index (χ1v) is 12.0. The van der Waals surface area contributed by atoms with Gasteiger partial charge < -0.3 is 19.4 Å². The first-order valence-electron chi connectivity index (χ1n) is 12.0. The zero-order valence-corrected chi connectivity index (χ0v) is 20.0. The minimum Gasteiger partial charge on any atom is -0.496 e. The van der Waals surface area contributed by atoms with Crippen molar-refractivity contribution in [1.29, 1.82) is 0 Å². The largest absolute Gasteiger partial charge is 0.496 e. The van der Waals surface area contributed by atoms with Gasteiger partial charge in [-0.15, -0.1) is 0 Å². The van der Waals surface area contributed by atoms with Gasteiger partial charge >= 0.3 is 0 Å². The van der Waals surface area contributed by atoms with Crippen molar-refractivity contribution in [3.8, 4) is 5.75 Å². The average molecular weight is 464 g/mol. The van der Waals surface area contributed by atoms with Crippen molar-refractivity contribution < 1.29 is 19.1 Å². The van der Waals surface area contributed by atoms with Crippen LogP contribution in [0, 0.1) is 0 Å². The average Bonchev–Trinajstić information content (AvgIpc) is 3.14.